The number of furan rings is 1. The van der Waals surface area contributed by atoms with E-state index in [-0.39, 0.29) is 29.3 Å². The van der Waals surface area contributed by atoms with E-state index >= 15 is 0 Å². The summed E-state index contributed by atoms with van der Waals surface area (Å²) >= 11 is 0. The molecule has 28 heavy (non-hydrogen) atoms. The van der Waals surface area contributed by atoms with Crippen molar-refractivity contribution in [2.24, 2.45) is 0 Å². The van der Waals surface area contributed by atoms with Gasteiger partial charge in [0.25, 0.3) is 5.91 Å². The van der Waals surface area contributed by atoms with Gasteiger partial charge in [-0.2, -0.15) is 13.2 Å². The van der Waals surface area contributed by atoms with Crippen molar-refractivity contribution >= 4 is 24.0 Å². The zero-order chi connectivity index (χ0) is 20.5. The van der Waals surface area contributed by atoms with E-state index in [0.29, 0.717) is 0 Å². The van der Waals surface area contributed by atoms with Gasteiger partial charge >= 0.3 is 18.2 Å². The van der Waals surface area contributed by atoms with Gasteiger partial charge in [-0.3, -0.25) is 9.69 Å². The van der Waals surface area contributed by atoms with Crippen LogP contribution < -0.4 is 5.32 Å². The van der Waals surface area contributed by atoms with E-state index in [1.165, 1.54) is 31.4 Å². The highest BCUT2D eigenvalue weighted by Gasteiger charge is 2.35. The molecule has 1 N–H and O–H groups in total. The molecule has 2 heterocycles. The molecule has 1 fully saturated rings. The van der Waals surface area contributed by atoms with Crippen LogP contribution in [-0.2, 0) is 22.3 Å². The first-order chi connectivity index (χ1) is 13.2. The average Bonchev–Trinajstić information content (AvgIpc) is 3.21. The number of nitrogens with zero attached hydrogens (tertiary/aromatic N) is 1. The summed E-state index contributed by atoms with van der Waals surface area (Å²) < 4.78 is 48.1. The van der Waals surface area contributed by atoms with E-state index in [9.17, 15) is 27.6 Å². The topological polar surface area (TPSA) is 88.9 Å². The molecule has 1 aliphatic heterocycles. The Hall–Kier alpha value is -3.56. The number of rotatable bonds is 4. The fourth-order valence-corrected chi connectivity index (χ4v) is 2.52. The number of halogens is 3. The fraction of sp³-hybridized carbons (Fsp3) is 0.167. The third-order valence-corrected chi connectivity index (χ3v) is 3.85. The summed E-state index contributed by atoms with van der Waals surface area (Å²) in [5.41, 5.74) is -0.947. The van der Waals surface area contributed by atoms with Crippen LogP contribution in [0.3, 0.4) is 0 Å². The first-order valence-electron chi connectivity index (χ1n) is 7.88. The molecular formula is C18H13F3N2O5. The predicted octanol–water partition coefficient (Wildman–Crippen LogP) is 3.18. The van der Waals surface area contributed by atoms with Gasteiger partial charge in [0, 0.05) is 0 Å². The monoisotopic (exact) mass is 394 g/mol. The number of benzene rings is 1. The van der Waals surface area contributed by atoms with Gasteiger partial charge in [0.1, 0.15) is 11.5 Å². The molecule has 1 aliphatic rings. The number of hydrogen-bond acceptors (Lipinski definition) is 5. The van der Waals surface area contributed by atoms with Crippen LogP contribution >= 0.6 is 0 Å². The van der Waals surface area contributed by atoms with Gasteiger partial charge < -0.3 is 14.5 Å². The first kappa shape index (κ1) is 19.2. The molecule has 0 unspecified atom stereocenters. The Morgan fingerprint density at radius 2 is 2.00 bits per heavy atom. The number of alkyl halides is 3. The lowest BCUT2D eigenvalue weighted by Gasteiger charge is -2.09. The van der Waals surface area contributed by atoms with Crippen LogP contribution in [0.1, 0.15) is 27.4 Å². The van der Waals surface area contributed by atoms with E-state index in [1.807, 2.05) is 0 Å². The lowest BCUT2D eigenvalue weighted by atomic mass is 10.1. The fourth-order valence-electron chi connectivity index (χ4n) is 2.52. The quantitative estimate of drug-likeness (QED) is 0.489. The minimum absolute atomic E-state index is 0.0933. The van der Waals surface area contributed by atoms with Crippen molar-refractivity contribution in [2.45, 2.75) is 12.7 Å². The van der Waals surface area contributed by atoms with Crippen molar-refractivity contribution in [3.63, 3.8) is 0 Å². The molecule has 146 valence electrons. The number of hydrogen-bond donors (Lipinski definition) is 1. The number of carbonyl (C=O) groups is 3. The van der Waals surface area contributed by atoms with Crippen molar-refractivity contribution in [1.82, 2.24) is 10.2 Å². The highest BCUT2D eigenvalue weighted by molar-refractivity contribution is 6.13. The van der Waals surface area contributed by atoms with Crippen molar-refractivity contribution in [3.8, 4) is 0 Å². The second-order valence-corrected chi connectivity index (χ2v) is 5.76. The predicted molar refractivity (Wildman–Crippen MR) is 88.6 cm³/mol. The summed E-state index contributed by atoms with van der Waals surface area (Å²) in [6, 6.07) is 6.31. The Bertz CT molecular complexity index is 978. The Balaban J connectivity index is 1.79. The second-order valence-electron chi connectivity index (χ2n) is 5.76. The summed E-state index contributed by atoms with van der Waals surface area (Å²) in [5.74, 6) is -1.39. The standard InChI is InChI=1S/C18H13F3N2O5/c1-27-16(25)14-6-5-12(28-14)9-23-15(24)13(22-17(23)26)8-10-3-2-4-11(7-10)18(19,20)21/h2-8H,9H2,1H3,(H,22,26)/b13-8-. The van der Waals surface area contributed by atoms with Crippen LogP contribution in [-0.4, -0.2) is 29.9 Å². The minimum Gasteiger partial charge on any atom is -0.463 e. The van der Waals surface area contributed by atoms with Crippen LogP contribution in [0.2, 0.25) is 0 Å². The summed E-state index contributed by atoms with van der Waals surface area (Å²) in [4.78, 5) is 36.7. The van der Waals surface area contributed by atoms with Crippen LogP contribution in [0.15, 0.2) is 46.5 Å². The number of ether oxygens (including phenoxy) is 1. The van der Waals surface area contributed by atoms with Gasteiger partial charge in [-0.1, -0.05) is 12.1 Å². The molecule has 1 saturated heterocycles. The maximum Gasteiger partial charge on any atom is 0.416 e. The van der Waals surface area contributed by atoms with E-state index < -0.39 is 29.6 Å². The van der Waals surface area contributed by atoms with E-state index in [0.717, 1.165) is 23.1 Å². The molecular weight excluding hydrogens is 381 g/mol. The van der Waals surface area contributed by atoms with Gasteiger partial charge in [0.2, 0.25) is 5.76 Å². The summed E-state index contributed by atoms with van der Waals surface area (Å²) in [6.45, 7) is -0.262. The third-order valence-electron chi connectivity index (χ3n) is 3.85. The number of imide groups is 1. The van der Waals surface area contributed by atoms with E-state index in [4.69, 9.17) is 4.42 Å². The highest BCUT2D eigenvalue weighted by Crippen LogP contribution is 2.30. The van der Waals surface area contributed by atoms with Crippen molar-refractivity contribution in [1.29, 1.82) is 0 Å². The highest BCUT2D eigenvalue weighted by atomic mass is 19.4. The normalized spacial score (nSPS) is 15.9. The van der Waals surface area contributed by atoms with Gasteiger partial charge in [0.15, 0.2) is 0 Å². The van der Waals surface area contributed by atoms with Gasteiger partial charge in [0.05, 0.1) is 19.2 Å². The molecule has 0 bridgehead atoms. The van der Waals surface area contributed by atoms with E-state index in [2.05, 4.69) is 10.1 Å². The molecule has 0 spiro atoms. The number of methoxy groups -OCH3 is 1. The molecule has 0 radical (unpaired) electrons. The lowest BCUT2D eigenvalue weighted by molar-refractivity contribution is -0.137. The van der Waals surface area contributed by atoms with Crippen LogP contribution in [0, 0.1) is 0 Å². The van der Waals surface area contributed by atoms with Crippen LogP contribution in [0.25, 0.3) is 6.08 Å². The number of urea groups is 1. The summed E-state index contributed by atoms with van der Waals surface area (Å²) in [5, 5.41) is 2.31. The lowest BCUT2D eigenvalue weighted by Crippen LogP contribution is -2.30. The van der Waals surface area contributed by atoms with Gasteiger partial charge in [-0.05, 0) is 35.9 Å². The smallest absolute Gasteiger partial charge is 0.416 e. The van der Waals surface area contributed by atoms with Gasteiger partial charge in [-0.15, -0.1) is 0 Å². The molecule has 1 aromatic carbocycles. The van der Waals surface area contributed by atoms with Crippen molar-refractivity contribution < 1.29 is 36.7 Å². The summed E-state index contributed by atoms with van der Waals surface area (Å²) in [6.07, 6.45) is -3.38. The molecule has 0 saturated carbocycles. The maximum absolute atomic E-state index is 12.8. The molecule has 1 aromatic heterocycles. The molecule has 10 heteroatoms. The minimum atomic E-state index is -4.53. The molecule has 0 aliphatic carbocycles. The molecule has 3 rings (SSSR count). The van der Waals surface area contributed by atoms with Crippen molar-refractivity contribution in [2.75, 3.05) is 7.11 Å². The number of carbonyl (C=O) groups excluding carboxylic acids is 3. The molecule has 7 nitrogen and oxygen atoms in total. The van der Waals surface area contributed by atoms with Crippen molar-refractivity contribution in [3.05, 3.63) is 64.7 Å². The molecule has 0 atom stereocenters. The first-order valence-corrected chi connectivity index (χ1v) is 7.88. The SMILES string of the molecule is COC(=O)c1ccc(CN2C(=O)N/C(=C\c3cccc(C(F)(F)F)c3)C2=O)o1. The van der Waals surface area contributed by atoms with Crippen LogP contribution in [0.4, 0.5) is 18.0 Å². The number of nitrogens with one attached hydrogen (secondary N) is 1. The average molecular weight is 394 g/mol. The zero-order valence-electron chi connectivity index (χ0n) is 14.4. The molecule has 3 amide bonds. The Morgan fingerprint density at radius 3 is 2.68 bits per heavy atom. The maximum atomic E-state index is 12.8. The Morgan fingerprint density at radius 1 is 1.25 bits per heavy atom. The van der Waals surface area contributed by atoms with Gasteiger partial charge in [-0.25, -0.2) is 9.59 Å². The van der Waals surface area contributed by atoms with Crippen LogP contribution in [0.5, 0.6) is 0 Å². The third kappa shape index (κ3) is 3.90. The van der Waals surface area contributed by atoms with E-state index in [1.54, 1.807) is 0 Å². The largest absolute Gasteiger partial charge is 0.463 e. The number of amides is 3. The molecule has 2 aromatic rings. The second kappa shape index (κ2) is 7.22. The zero-order valence-corrected chi connectivity index (χ0v) is 14.4. The Kier molecular flexibility index (Phi) is 4.95. The Labute approximate surface area is 156 Å². The summed E-state index contributed by atoms with van der Waals surface area (Å²) in [7, 11) is 1.17. The number of esters is 1.